The number of sulfonamides is 1. The number of nitrogens with one attached hydrogen (secondary N) is 3. The van der Waals surface area contributed by atoms with E-state index in [4.69, 9.17) is 0 Å². The minimum Gasteiger partial charge on any atom is -0.343 e. The summed E-state index contributed by atoms with van der Waals surface area (Å²) in [4.78, 5) is 28.0. The van der Waals surface area contributed by atoms with Crippen LogP contribution in [0.5, 0.6) is 0 Å². The summed E-state index contributed by atoms with van der Waals surface area (Å²) < 4.78 is 27.6. The van der Waals surface area contributed by atoms with Crippen molar-refractivity contribution in [1.82, 2.24) is 10.3 Å². The fourth-order valence-corrected chi connectivity index (χ4v) is 3.71. The Hall–Kier alpha value is -3.72. The van der Waals surface area contributed by atoms with Gasteiger partial charge in [-0.1, -0.05) is 18.2 Å². The monoisotopic (exact) mass is 424 g/mol. The van der Waals surface area contributed by atoms with Gasteiger partial charge in [0.15, 0.2) is 0 Å². The summed E-state index contributed by atoms with van der Waals surface area (Å²) in [7, 11) is -3.79. The van der Waals surface area contributed by atoms with Gasteiger partial charge in [0.2, 0.25) is 5.91 Å². The molecule has 0 atom stereocenters. The minimum atomic E-state index is -3.79. The number of carbonyl (C=O) groups excluding carboxylic acids is 2. The van der Waals surface area contributed by atoms with E-state index in [9.17, 15) is 18.0 Å². The van der Waals surface area contributed by atoms with E-state index in [1.165, 1.54) is 30.5 Å². The Bertz CT molecular complexity index is 1150. The van der Waals surface area contributed by atoms with Gasteiger partial charge in [0, 0.05) is 11.8 Å². The molecule has 9 heteroatoms. The number of para-hydroxylation sites is 1. The molecule has 3 aromatic rings. The molecule has 30 heavy (non-hydrogen) atoms. The highest BCUT2D eigenvalue weighted by Gasteiger charge is 2.16. The second-order valence-electron chi connectivity index (χ2n) is 6.42. The second-order valence-corrected chi connectivity index (χ2v) is 8.10. The van der Waals surface area contributed by atoms with Crippen molar-refractivity contribution in [2.75, 3.05) is 16.6 Å². The maximum Gasteiger partial charge on any atom is 0.261 e. The van der Waals surface area contributed by atoms with Crippen LogP contribution in [0.15, 0.2) is 78.0 Å². The first kappa shape index (κ1) is 21.0. The lowest BCUT2D eigenvalue weighted by atomic mass is 10.2. The van der Waals surface area contributed by atoms with Crippen molar-refractivity contribution in [1.29, 1.82) is 0 Å². The maximum atomic E-state index is 12.6. The van der Waals surface area contributed by atoms with Gasteiger partial charge in [-0.3, -0.25) is 19.3 Å². The van der Waals surface area contributed by atoms with E-state index in [2.05, 4.69) is 20.3 Å². The van der Waals surface area contributed by atoms with E-state index in [0.717, 1.165) is 5.56 Å². The van der Waals surface area contributed by atoms with Crippen molar-refractivity contribution in [3.8, 4) is 0 Å². The summed E-state index contributed by atoms with van der Waals surface area (Å²) in [5.41, 5.74) is 2.03. The smallest absolute Gasteiger partial charge is 0.261 e. The molecule has 0 fully saturated rings. The van der Waals surface area contributed by atoms with Gasteiger partial charge in [0.25, 0.3) is 15.9 Å². The number of amides is 2. The largest absolute Gasteiger partial charge is 0.343 e. The lowest BCUT2D eigenvalue weighted by molar-refractivity contribution is -0.115. The molecule has 3 rings (SSSR count). The normalized spacial score (nSPS) is 10.8. The van der Waals surface area contributed by atoms with Crippen LogP contribution in [0.3, 0.4) is 0 Å². The van der Waals surface area contributed by atoms with Crippen molar-refractivity contribution in [2.24, 2.45) is 0 Å². The second kappa shape index (κ2) is 9.19. The van der Waals surface area contributed by atoms with Crippen LogP contribution < -0.4 is 15.4 Å². The third kappa shape index (κ3) is 5.42. The van der Waals surface area contributed by atoms with E-state index in [-0.39, 0.29) is 17.0 Å². The number of anilines is 2. The molecule has 0 aliphatic heterocycles. The quantitative estimate of drug-likeness (QED) is 0.539. The number of nitrogens with zero attached hydrogens (tertiary/aromatic N) is 1. The van der Waals surface area contributed by atoms with E-state index >= 15 is 0 Å². The van der Waals surface area contributed by atoms with Gasteiger partial charge < -0.3 is 10.6 Å². The van der Waals surface area contributed by atoms with E-state index in [0.29, 0.717) is 11.4 Å². The van der Waals surface area contributed by atoms with Gasteiger partial charge >= 0.3 is 0 Å². The molecular formula is C21H20N4O4S. The summed E-state index contributed by atoms with van der Waals surface area (Å²) in [5, 5.41) is 5.09. The van der Waals surface area contributed by atoms with Crippen LogP contribution >= 0.6 is 0 Å². The highest BCUT2D eigenvalue weighted by atomic mass is 32.2. The van der Waals surface area contributed by atoms with E-state index in [1.54, 1.807) is 43.5 Å². The number of aromatic nitrogens is 1. The average molecular weight is 424 g/mol. The third-order valence-corrected chi connectivity index (χ3v) is 5.55. The molecule has 154 valence electrons. The van der Waals surface area contributed by atoms with Gasteiger partial charge in [-0.15, -0.1) is 0 Å². The first-order chi connectivity index (χ1) is 14.3. The molecule has 0 unspecified atom stereocenters. The van der Waals surface area contributed by atoms with Crippen LogP contribution in [0.4, 0.5) is 11.4 Å². The number of hydrogen-bond donors (Lipinski definition) is 3. The molecule has 0 spiro atoms. The molecule has 0 radical (unpaired) electrons. The third-order valence-electron chi connectivity index (χ3n) is 4.17. The lowest BCUT2D eigenvalue weighted by Crippen LogP contribution is -2.32. The van der Waals surface area contributed by atoms with Gasteiger partial charge in [-0.25, -0.2) is 8.42 Å². The Kier molecular flexibility index (Phi) is 6.43. The van der Waals surface area contributed by atoms with Gasteiger partial charge in [-0.05, 0) is 55.0 Å². The summed E-state index contributed by atoms with van der Waals surface area (Å²) in [6.45, 7) is 1.57. The Morgan fingerprint density at radius 2 is 1.70 bits per heavy atom. The number of carbonyl (C=O) groups is 2. The highest BCUT2D eigenvalue weighted by molar-refractivity contribution is 7.92. The molecule has 1 aromatic heterocycles. The standard InChI is InChI=1S/C21H20N4O4S/c1-15-5-2-3-7-19(15)25-30(28,29)18-10-8-16(9-11-18)21(27)23-14-20(26)24-17-6-4-12-22-13-17/h2-13,25H,14H2,1H3,(H,23,27)(H,24,26). The fourth-order valence-electron chi connectivity index (χ4n) is 2.58. The minimum absolute atomic E-state index is 0.0247. The Morgan fingerprint density at radius 3 is 2.37 bits per heavy atom. The van der Waals surface area contributed by atoms with Crippen LogP contribution in [0.1, 0.15) is 15.9 Å². The van der Waals surface area contributed by atoms with Gasteiger partial charge in [0.1, 0.15) is 0 Å². The van der Waals surface area contributed by atoms with Crippen molar-refractivity contribution in [3.63, 3.8) is 0 Å². The predicted octanol–water partition coefficient (Wildman–Crippen LogP) is 2.56. The number of hydrogen-bond acceptors (Lipinski definition) is 5. The van der Waals surface area contributed by atoms with Crippen LogP contribution in [0, 0.1) is 6.92 Å². The SMILES string of the molecule is Cc1ccccc1NS(=O)(=O)c1ccc(C(=O)NCC(=O)Nc2cccnc2)cc1. The van der Waals surface area contributed by atoms with Gasteiger partial charge in [-0.2, -0.15) is 0 Å². The zero-order chi connectivity index (χ0) is 21.6. The predicted molar refractivity (Wildman–Crippen MR) is 114 cm³/mol. The first-order valence-corrected chi connectivity index (χ1v) is 10.5. The summed E-state index contributed by atoms with van der Waals surface area (Å²) >= 11 is 0. The van der Waals surface area contributed by atoms with Crippen molar-refractivity contribution >= 4 is 33.2 Å². The topological polar surface area (TPSA) is 117 Å². The Morgan fingerprint density at radius 1 is 0.967 bits per heavy atom. The van der Waals surface area contributed by atoms with Crippen LogP contribution in [-0.4, -0.2) is 31.8 Å². The van der Waals surface area contributed by atoms with Crippen LogP contribution in [0.2, 0.25) is 0 Å². The summed E-state index contributed by atoms with van der Waals surface area (Å²) in [6.07, 6.45) is 3.07. The molecule has 3 N–H and O–H groups in total. The molecule has 2 aromatic carbocycles. The van der Waals surface area contributed by atoms with Crippen LogP contribution in [-0.2, 0) is 14.8 Å². The number of pyridine rings is 1. The number of rotatable bonds is 7. The van der Waals surface area contributed by atoms with E-state index in [1.807, 2.05) is 6.07 Å². The molecule has 0 saturated carbocycles. The molecule has 8 nitrogen and oxygen atoms in total. The fraction of sp³-hybridized carbons (Fsp3) is 0.0952. The summed E-state index contributed by atoms with van der Waals surface area (Å²) in [6, 6.07) is 15.8. The zero-order valence-corrected chi connectivity index (χ0v) is 16.9. The summed E-state index contributed by atoms with van der Waals surface area (Å²) in [5.74, 6) is -0.898. The number of aryl methyl sites for hydroxylation is 1. The first-order valence-electron chi connectivity index (χ1n) is 9.02. The molecule has 2 amide bonds. The molecular weight excluding hydrogens is 404 g/mol. The number of benzene rings is 2. The molecule has 0 saturated heterocycles. The van der Waals surface area contributed by atoms with E-state index < -0.39 is 21.8 Å². The van der Waals surface area contributed by atoms with Gasteiger partial charge in [0.05, 0.1) is 29.0 Å². The van der Waals surface area contributed by atoms with Crippen molar-refractivity contribution < 1.29 is 18.0 Å². The highest BCUT2D eigenvalue weighted by Crippen LogP contribution is 2.19. The average Bonchev–Trinajstić information content (AvgIpc) is 2.74. The van der Waals surface area contributed by atoms with Crippen molar-refractivity contribution in [2.45, 2.75) is 11.8 Å². The molecule has 0 aliphatic carbocycles. The van der Waals surface area contributed by atoms with Crippen LogP contribution in [0.25, 0.3) is 0 Å². The molecule has 0 aliphatic rings. The molecule has 0 bridgehead atoms. The van der Waals surface area contributed by atoms with Crippen molar-refractivity contribution in [3.05, 3.63) is 84.2 Å². The Balaban J connectivity index is 1.60. The molecule has 1 heterocycles. The maximum absolute atomic E-state index is 12.6. The zero-order valence-electron chi connectivity index (χ0n) is 16.1. The lowest BCUT2D eigenvalue weighted by Gasteiger charge is -2.11. The Labute approximate surface area is 174 Å².